The lowest BCUT2D eigenvalue weighted by Crippen LogP contribution is -2.34. The van der Waals surface area contributed by atoms with Crippen LogP contribution in [0.2, 0.25) is 0 Å². The first-order valence-electron chi connectivity index (χ1n) is 7.35. The summed E-state index contributed by atoms with van der Waals surface area (Å²) in [6, 6.07) is 16.7. The number of benzene rings is 2. The first-order valence-corrected chi connectivity index (χ1v) is 7.35. The topological polar surface area (TPSA) is 55.1 Å². The van der Waals surface area contributed by atoms with Gasteiger partial charge in [0.05, 0.1) is 0 Å². The normalized spacial score (nSPS) is 20.6. The van der Waals surface area contributed by atoms with Gasteiger partial charge in [-0.2, -0.15) is 0 Å². The van der Waals surface area contributed by atoms with Crippen LogP contribution >= 0.6 is 0 Å². The Morgan fingerprint density at radius 1 is 1.14 bits per heavy atom. The number of nitrogens with two attached hydrogens (primary N) is 1. The van der Waals surface area contributed by atoms with E-state index in [2.05, 4.69) is 35.6 Å². The summed E-state index contributed by atoms with van der Waals surface area (Å²) >= 11 is 0. The van der Waals surface area contributed by atoms with Gasteiger partial charge < -0.3 is 11.1 Å². The van der Waals surface area contributed by atoms with Crippen molar-refractivity contribution in [2.45, 2.75) is 31.7 Å². The van der Waals surface area contributed by atoms with Crippen molar-refractivity contribution in [2.24, 2.45) is 5.73 Å². The molecular weight excluding hydrogens is 260 g/mol. The molecule has 2 aromatic carbocycles. The lowest BCUT2D eigenvalue weighted by Gasteiger charge is -2.37. The summed E-state index contributed by atoms with van der Waals surface area (Å²) in [5, 5.41) is 3.56. The van der Waals surface area contributed by atoms with Crippen molar-refractivity contribution in [1.29, 1.82) is 0 Å². The van der Waals surface area contributed by atoms with Gasteiger partial charge in [0.2, 0.25) is 5.91 Å². The second-order valence-electron chi connectivity index (χ2n) is 5.81. The van der Waals surface area contributed by atoms with Crippen LogP contribution < -0.4 is 11.1 Å². The van der Waals surface area contributed by atoms with Gasteiger partial charge in [-0.15, -0.1) is 0 Å². The molecule has 1 aliphatic carbocycles. The van der Waals surface area contributed by atoms with E-state index in [1.165, 1.54) is 5.56 Å². The van der Waals surface area contributed by atoms with E-state index in [4.69, 9.17) is 5.73 Å². The number of hydrogen-bond donors (Lipinski definition) is 2. The molecular formula is C18H20N2O. The second kappa shape index (κ2) is 5.60. The van der Waals surface area contributed by atoms with Gasteiger partial charge >= 0.3 is 0 Å². The summed E-state index contributed by atoms with van der Waals surface area (Å²) in [5.41, 5.74) is 9.44. The SMILES string of the molecule is Cc1cc(C(N)=O)ccc1NC1CC(c2ccccc2)C1. The van der Waals surface area contributed by atoms with Crippen LogP contribution in [-0.2, 0) is 0 Å². The number of carbonyl (C=O) groups is 1. The van der Waals surface area contributed by atoms with Crippen molar-refractivity contribution in [3.05, 3.63) is 65.2 Å². The summed E-state index contributed by atoms with van der Waals surface area (Å²) in [4.78, 5) is 11.2. The minimum absolute atomic E-state index is 0.377. The second-order valence-corrected chi connectivity index (χ2v) is 5.81. The molecule has 1 saturated carbocycles. The third-order valence-electron chi connectivity index (χ3n) is 4.28. The monoisotopic (exact) mass is 280 g/mol. The molecule has 0 atom stereocenters. The summed E-state index contributed by atoms with van der Waals surface area (Å²) in [7, 11) is 0. The van der Waals surface area contributed by atoms with E-state index in [0.717, 1.165) is 24.1 Å². The first-order chi connectivity index (χ1) is 10.1. The van der Waals surface area contributed by atoms with Crippen molar-refractivity contribution in [1.82, 2.24) is 0 Å². The van der Waals surface area contributed by atoms with Crippen LogP contribution in [-0.4, -0.2) is 11.9 Å². The molecule has 0 heterocycles. The molecule has 1 amide bonds. The zero-order valence-corrected chi connectivity index (χ0v) is 12.2. The lowest BCUT2D eigenvalue weighted by molar-refractivity contribution is 0.1000. The Balaban J connectivity index is 1.61. The molecule has 1 fully saturated rings. The van der Waals surface area contributed by atoms with Crippen molar-refractivity contribution in [2.75, 3.05) is 5.32 Å². The van der Waals surface area contributed by atoms with Crippen LogP contribution in [0.25, 0.3) is 0 Å². The standard InChI is InChI=1S/C18H20N2O/c1-12-9-14(18(19)21)7-8-17(12)20-16-10-15(11-16)13-5-3-2-4-6-13/h2-9,15-16,20H,10-11H2,1H3,(H2,19,21). The minimum atomic E-state index is -0.377. The fraction of sp³-hybridized carbons (Fsp3) is 0.278. The predicted molar refractivity (Wildman–Crippen MR) is 85.5 cm³/mol. The highest BCUT2D eigenvalue weighted by molar-refractivity contribution is 5.93. The van der Waals surface area contributed by atoms with E-state index >= 15 is 0 Å². The van der Waals surface area contributed by atoms with Crippen molar-refractivity contribution < 1.29 is 4.79 Å². The number of anilines is 1. The van der Waals surface area contributed by atoms with E-state index in [1.807, 2.05) is 19.1 Å². The van der Waals surface area contributed by atoms with Crippen LogP contribution in [0.5, 0.6) is 0 Å². The number of aryl methyl sites for hydroxylation is 1. The van der Waals surface area contributed by atoms with Crippen LogP contribution in [0.15, 0.2) is 48.5 Å². The zero-order chi connectivity index (χ0) is 14.8. The zero-order valence-electron chi connectivity index (χ0n) is 12.2. The Morgan fingerprint density at radius 2 is 1.86 bits per heavy atom. The quantitative estimate of drug-likeness (QED) is 0.901. The molecule has 3 rings (SSSR count). The summed E-state index contributed by atoms with van der Waals surface area (Å²) < 4.78 is 0. The van der Waals surface area contributed by atoms with Crippen LogP contribution in [0, 0.1) is 6.92 Å². The van der Waals surface area contributed by atoms with Gasteiger partial charge in [-0.3, -0.25) is 4.79 Å². The Hall–Kier alpha value is -2.29. The Bertz CT molecular complexity index is 646. The predicted octanol–water partition coefficient (Wildman–Crippen LogP) is 3.45. The molecule has 3 heteroatoms. The summed E-state index contributed by atoms with van der Waals surface area (Å²) in [5.74, 6) is 0.284. The van der Waals surface area contributed by atoms with Gasteiger partial charge in [0.15, 0.2) is 0 Å². The van der Waals surface area contributed by atoms with Gasteiger partial charge in [0, 0.05) is 17.3 Å². The number of rotatable bonds is 4. The largest absolute Gasteiger partial charge is 0.382 e. The van der Waals surface area contributed by atoms with Gasteiger partial charge in [-0.25, -0.2) is 0 Å². The van der Waals surface area contributed by atoms with Gasteiger partial charge in [0.25, 0.3) is 0 Å². The maximum atomic E-state index is 11.2. The first kappa shape index (κ1) is 13.7. The third-order valence-corrected chi connectivity index (χ3v) is 4.28. The molecule has 0 radical (unpaired) electrons. The molecule has 0 aromatic heterocycles. The maximum absolute atomic E-state index is 11.2. The minimum Gasteiger partial charge on any atom is -0.382 e. The Labute approximate surface area is 125 Å². The maximum Gasteiger partial charge on any atom is 0.248 e. The molecule has 0 aliphatic heterocycles. The molecule has 0 saturated heterocycles. The highest BCUT2D eigenvalue weighted by atomic mass is 16.1. The smallest absolute Gasteiger partial charge is 0.248 e. The third kappa shape index (κ3) is 2.92. The molecule has 0 bridgehead atoms. The Kier molecular flexibility index (Phi) is 3.65. The lowest BCUT2D eigenvalue weighted by atomic mass is 9.76. The van der Waals surface area contributed by atoms with Crippen LogP contribution in [0.3, 0.4) is 0 Å². The Morgan fingerprint density at radius 3 is 2.48 bits per heavy atom. The number of amides is 1. The highest BCUT2D eigenvalue weighted by Crippen LogP contribution is 2.38. The van der Waals surface area contributed by atoms with Crippen LogP contribution in [0.4, 0.5) is 5.69 Å². The average molecular weight is 280 g/mol. The molecule has 0 spiro atoms. The van der Waals surface area contributed by atoms with Gasteiger partial charge in [-0.1, -0.05) is 30.3 Å². The van der Waals surface area contributed by atoms with Gasteiger partial charge in [0.1, 0.15) is 0 Å². The summed E-state index contributed by atoms with van der Waals surface area (Å²) in [6.45, 7) is 2.00. The van der Waals surface area contributed by atoms with Crippen molar-refractivity contribution in [3.8, 4) is 0 Å². The highest BCUT2D eigenvalue weighted by Gasteiger charge is 2.30. The molecule has 2 aromatic rings. The van der Waals surface area contributed by atoms with E-state index < -0.39 is 0 Å². The van der Waals surface area contributed by atoms with E-state index in [0.29, 0.717) is 17.5 Å². The fourth-order valence-electron chi connectivity index (χ4n) is 2.93. The molecule has 108 valence electrons. The summed E-state index contributed by atoms with van der Waals surface area (Å²) in [6.07, 6.45) is 2.31. The van der Waals surface area contributed by atoms with Crippen LogP contribution in [0.1, 0.15) is 40.2 Å². The number of carbonyl (C=O) groups excluding carboxylic acids is 1. The van der Waals surface area contributed by atoms with E-state index in [9.17, 15) is 4.79 Å². The molecule has 21 heavy (non-hydrogen) atoms. The molecule has 0 unspecified atom stereocenters. The number of nitrogens with one attached hydrogen (secondary N) is 1. The average Bonchev–Trinajstić information content (AvgIpc) is 2.44. The molecule has 3 N–H and O–H groups in total. The number of hydrogen-bond acceptors (Lipinski definition) is 2. The molecule has 3 nitrogen and oxygen atoms in total. The van der Waals surface area contributed by atoms with E-state index in [1.54, 1.807) is 6.07 Å². The van der Waals surface area contributed by atoms with Gasteiger partial charge in [-0.05, 0) is 55.0 Å². The van der Waals surface area contributed by atoms with Crippen molar-refractivity contribution in [3.63, 3.8) is 0 Å². The molecule has 1 aliphatic rings. The number of primary amides is 1. The fourth-order valence-corrected chi connectivity index (χ4v) is 2.93. The van der Waals surface area contributed by atoms with E-state index in [-0.39, 0.29) is 5.91 Å². The van der Waals surface area contributed by atoms with Crippen molar-refractivity contribution >= 4 is 11.6 Å².